The van der Waals surface area contributed by atoms with Crippen molar-refractivity contribution in [3.05, 3.63) is 76.7 Å². The minimum atomic E-state index is -0.590. The summed E-state index contributed by atoms with van der Waals surface area (Å²) in [6, 6.07) is 7.37. The molecule has 1 N–H and O–H groups in total. The monoisotopic (exact) mass is 566 g/mol. The molecule has 1 unspecified atom stereocenters. The quantitative estimate of drug-likeness (QED) is 0.452. The molecule has 1 fully saturated rings. The Hall–Kier alpha value is -3.59. The van der Waals surface area contributed by atoms with E-state index in [2.05, 4.69) is 37.7 Å². The van der Waals surface area contributed by atoms with Gasteiger partial charge in [-0.25, -0.2) is 9.37 Å². The zero-order valence-corrected chi connectivity index (χ0v) is 24.8. The fourth-order valence-electron chi connectivity index (χ4n) is 4.62. The van der Waals surface area contributed by atoms with E-state index in [4.69, 9.17) is 0 Å². The summed E-state index contributed by atoms with van der Waals surface area (Å²) in [6.07, 6.45) is 3.87. The van der Waals surface area contributed by atoms with Gasteiger partial charge in [-0.1, -0.05) is 63.8 Å². The average Bonchev–Trinajstić information content (AvgIpc) is 3.66. The maximum atomic E-state index is 14.2. The predicted molar refractivity (Wildman–Crippen MR) is 158 cm³/mol. The van der Waals surface area contributed by atoms with Gasteiger partial charge in [-0.15, -0.1) is 11.3 Å². The Morgan fingerprint density at radius 3 is 2.50 bits per heavy atom. The van der Waals surface area contributed by atoms with E-state index in [1.165, 1.54) is 22.0 Å². The normalized spacial score (nSPS) is 17.3. The van der Waals surface area contributed by atoms with Crippen molar-refractivity contribution in [1.82, 2.24) is 20.1 Å². The van der Waals surface area contributed by atoms with Crippen molar-refractivity contribution in [3.63, 3.8) is 0 Å². The Bertz CT molecular complexity index is 1290. The fraction of sp³-hybridized carbons (Fsp3) is 0.419. The van der Waals surface area contributed by atoms with Crippen molar-refractivity contribution >= 4 is 29.1 Å². The molecule has 2 aliphatic rings. The molecule has 0 bridgehead atoms. The molecule has 40 heavy (non-hydrogen) atoms. The highest BCUT2D eigenvalue weighted by atomic mass is 32.1. The van der Waals surface area contributed by atoms with Gasteiger partial charge in [0, 0.05) is 24.2 Å². The van der Waals surface area contributed by atoms with E-state index in [-0.39, 0.29) is 36.1 Å². The third-order valence-electron chi connectivity index (χ3n) is 6.57. The van der Waals surface area contributed by atoms with Gasteiger partial charge in [-0.2, -0.15) is 0 Å². The molecule has 1 aromatic carbocycles. The molecule has 0 aliphatic carbocycles. The lowest BCUT2D eigenvalue weighted by molar-refractivity contribution is -0.141. The van der Waals surface area contributed by atoms with Crippen LogP contribution in [0.1, 0.15) is 51.8 Å². The van der Waals surface area contributed by atoms with Crippen LogP contribution in [0.15, 0.2) is 65.5 Å². The summed E-state index contributed by atoms with van der Waals surface area (Å²) >= 11 is 1.59. The Kier molecular flexibility index (Phi) is 11.0. The van der Waals surface area contributed by atoms with Crippen LogP contribution in [-0.4, -0.2) is 58.2 Å². The van der Waals surface area contributed by atoms with Gasteiger partial charge in [-0.3, -0.25) is 14.4 Å². The number of hydrogen-bond acceptors (Lipinski definition) is 5. The molecule has 0 spiro atoms. The summed E-state index contributed by atoms with van der Waals surface area (Å²) in [4.78, 5) is 46.9. The van der Waals surface area contributed by atoms with Gasteiger partial charge in [0.05, 0.1) is 22.6 Å². The average molecular weight is 567 g/mol. The summed E-state index contributed by atoms with van der Waals surface area (Å²) in [7, 11) is 0. The lowest BCUT2D eigenvalue weighted by atomic mass is 10.1. The Labute approximate surface area is 240 Å². The van der Waals surface area contributed by atoms with Crippen LogP contribution in [0.3, 0.4) is 0 Å². The summed E-state index contributed by atoms with van der Waals surface area (Å²) in [5.41, 5.74) is 5.25. The number of nitrogens with one attached hydrogen (secondary N) is 1. The van der Waals surface area contributed by atoms with Crippen molar-refractivity contribution in [2.24, 2.45) is 5.92 Å². The first-order chi connectivity index (χ1) is 19.1. The first kappa shape index (κ1) is 30.9. The molecule has 214 valence electrons. The molecule has 3 heterocycles. The van der Waals surface area contributed by atoms with Crippen molar-refractivity contribution in [1.29, 1.82) is 0 Å². The van der Waals surface area contributed by atoms with Gasteiger partial charge in [0.1, 0.15) is 18.4 Å². The standard InChI is InChI=1S/C27H29FN4O3S.C4H10/c1-4-20-21(22(28)5-2)14-31(27(20)35)15-24(33)32-12-6-7-23(32)26(34)29-13-18-8-10-19(11-9-18)25-17(3)30-16-36-25;1-4(2)3/h4-5,8-11,16,23H,1,6-7,12-15H2,2-3H3,(H,29,34);4H,1-3H3/b22-5+;. The predicted octanol–water partition coefficient (Wildman–Crippen LogP) is 5.59. The first-order valence-corrected chi connectivity index (χ1v) is 14.5. The Morgan fingerprint density at radius 2 is 1.93 bits per heavy atom. The van der Waals surface area contributed by atoms with Crippen LogP contribution in [0.25, 0.3) is 10.4 Å². The number of rotatable bonds is 8. The Balaban J connectivity index is 0.00000103. The molecule has 4 rings (SSSR count). The molecule has 3 amide bonds. The molecule has 2 aliphatic heterocycles. The Morgan fingerprint density at radius 1 is 1.25 bits per heavy atom. The van der Waals surface area contributed by atoms with E-state index in [9.17, 15) is 18.8 Å². The van der Waals surface area contributed by atoms with Crippen LogP contribution in [0.4, 0.5) is 4.39 Å². The first-order valence-electron chi connectivity index (χ1n) is 13.6. The number of carbonyl (C=O) groups is 3. The van der Waals surface area contributed by atoms with Crippen LogP contribution >= 0.6 is 11.3 Å². The maximum absolute atomic E-state index is 14.2. The number of amides is 3. The third kappa shape index (κ3) is 7.53. The van der Waals surface area contributed by atoms with Gasteiger partial charge in [-0.05, 0) is 43.7 Å². The third-order valence-corrected chi connectivity index (χ3v) is 7.55. The molecule has 9 heteroatoms. The second kappa shape index (κ2) is 14.2. The number of hydrogen-bond donors (Lipinski definition) is 1. The van der Waals surface area contributed by atoms with Crippen molar-refractivity contribution in [2.75, 3.05) is 19.6 Å². The lowest BCUT2D eigenvalue weighted by Crippen LogP contribution is -2.49. The summed E-state index contributed by atoms with van der Waals surface area (Å²) in [5, 5.41) is 2.94. The van der Waals surface area contributed by atoms with E-state index in [0.29, 0.717) is 25.9 Å². The van der Waals surface area contributed by atoms with Crippen molar-refractivity contribution in [2.45, 2.75) is 60.0 Å². The number of aromatic nitrogens is 1. The molecular weight excluding hydrogens is 527 g/mol. The largest absolute Gasteiger partial charge is 0.350 e. The van der Waals surface area contributed by atoms with Gasteiger partial charge in [0.2, 0.25) is 11.8 Å². The summed E-state index contributed by atoms with van der Waals surface area (Å²) < 4.78 is 14.2. The van der Waals surface area contributed by atoms with Crippen LogP contribution in [0.5, 0.6) is 0 Å². The molecule has 2 aromatic rings. The zero-order valence-electron chi connectivity index (χ0n) is 24.0. The van der Waals surface area contributed by atoms with Gasteiger partial charge >= 0.3 is 0 Å². The smallest absolute Gasteiger partial charge is 0.255 e. The molecule has 0 radical (unpaired) electrons. The maximum Gasteiger partial charge on any atom is 0.255 e. The number of nitrogens with zero attached hydrogens (tertiary/aromatic N) is 3. The number of halogens is 1. The number of carbonyl (C=O) groups excluding carboxylic acids is 3. The molecule has 1 atom stereocenters. The van der Waals surface area contributed by atoms with Crippen LogP contribution in [-0.2, 0) is 20.9 Å². The number of allylic oxidation sites excluding steroid dienone is 1. The number of likely N-dealkylation sites (tertiary alicyclic amines) is 1. The minimum absolute atomic E-state index is 0.00383. The highest BCUT2D eigenvalue weighted by molar-refractivity contribution is 7.13. The topological polar surface area (TPSA) is 82.6 Å². The van der Waals surface area contributed by atoms with E-state index < -0.39 is 17.8 Å². The van der Waals surface area contributed by atoms with E-state index >= 15 is 0 Å². The summed E-state index contributed by atoms with van der Waals surface area (Å²) in [5.74, 6) is -0.637. The fourth-order valence-corrected chi connectivity index (χ4v) is 5.43. The van der Waals surface area contributed by atoms with Gasteiger partial charge < -0.3 is 15.1 Å². The molecule has 0 saturated carbocycles. The number of benzene rings is 1. The number of aryl methyl sites for hydroxylation is 1. The molecule has 1 aromatic heterocycles. The second-order valence-corrected chi connectivity index (χ2v) is 11.4. The molecule has 7 nitrogen and oxygen atoms in total. The SMILES string of the molecule is C=CC1=C(/C(F)=C\C)CN(CC(=O)N2CCCC2C(=O)NCc2ccc(-c3scnc3C)cc2)C1=O.CC(C)C. The minimum Gasteiger partial charge on any atom is -0.350 e. The van der Waals surface area contributed by atoms with Crippen LogP contribution < -0.4 is 5.32 Å². The van der Waals surface area contributed by atoms with Crippen LogP contribution in [0.2, 0.25) is 0 Å². The van der Waals surface area contributed by atoms with E-state index in [1.54, 1.807) is 18.3 Å². The number of thiazole rings is 1. The summed E-state index contributed by atoms with van der Waals surface area (Å²) in [6.45, 7) is 14.2. The molecular formula is C31H39FN4O3S. The van der Waals surface area contributed by atoms with Gasteiger partial charge in [0.25, 0.3) is 5.91 Å². The van der Waals surface area contributed by atoms with Crippen molar-refractivity contribution < 1.29 is 18.8 Å². The van der Waals surface area contributed by atoms with Crippen LogP contribution in [0, 0.1) is 12.8 Å². The molecule has 1 saturated heterocycles. The highest BCUT2D eigenvalue weighted by Gasteiger charge is 2.37. The van der Waals surface area contributed by atoms with E-state index in [1.807, 2.05) is 36.7 Å². The lowest BCUT2D eigenvalue weighted by Gasteiger charge is -2.26. The van der Waals surface area contributed by atoms with Crippen molar-refractivity contribution in [3.8, 4) is 10.4 Å². The highest BCUT2D eigenvalue weighted by Crippen LogP contribution is 2.28. The van der Waals surface area contributed by atoms with E-state index in [0.717, 1.165) is 27.6 Å². The zero-order chi connectivity index (χ0) is 29.4. The van der Waals surface area contributed by atoms with Gasteiger partial charge in [0.15, 0.2) is 0 Å². The second-order valence-electron chi connectivity index (χ2n) is 10.6.